The quantitative estimate of drug-likeness (QED) is 0.610. The van der Waals surface area contributed by atoms with Crippen LogP contribution in [0.15, 0.2) is 23.8 Å². The Morgan fingerprint density at radius 3 is 3.00 bits per heavy atom. The highest BCUT2D eigenvalue weighted by atomic mass is 16.3. The van der Waals surface area contributed by atoms with Gasteiger partial charge in [0, 0.05) is 11.8 Å². The zero-order valence-corrected chi connectivity index (χ0v) is 9.10. The summed E-state index contributed by atoms with van der Waals surface area (Å²) in [6, 6.07) is 0. The molecule has 0 aromatic carbocycles. The summed E-state index contributed by atoms with van der Waals surface area (Å²) in [5, 5.41) is 10.3. The minimum atomic E-state index is -1.13. The van der Waals surface area contributed by atoms with E-state index in [0.717, 1.165) is 6.42 Å². The summed E-state index contributed by atoms with van der Waals surface area (Å²) >= 11 is 0. The van der Waals surface area contributed by atoms with Gasteiger partial charge in [-0.2, -0.15) is 0 Å². The van der Waals surface area contributed by atoms with Gasteiger partial charge in [0.1, 0.15) is 5.60 Å². The Labute approximate surface area is 89.7 Å². The van der Waals surface area contributed by atoms with Gasteiger partial charge in [-0.05, 0) is 32.1 Å². The fraction of sp³-hybridized carbons (Fsp3) is 0.615. The summed E-state index contributed by atoms with van der Waals surface area (Å²) in [5.74, 6) is 0.786. The molecule has 2 heteroatoms. The van der Waals surface area contributed by atoms with Gasteiger partial charge in [0.15, 0.2) is 5.78 Å². The first-order valence-electron chi connectivity index (χ1n) is 5.65. The Morgan fingerprint density at radius 2 is 2.27 bits per heavy atom. The molecule has 0 aromatic heterocycles. The first-order valence-corrected chi connectivity index (χ1v) is 5.65. The van der Waals surface area contributed by atoms with Gasteiger partial charge < -0.3 is 5.11 Å². The molecular formula is C13H16O2. The fourth-order valence-electron chi connectivity index (χ4n) is 3.87. The Kier molecular flexibility index (Phi) is 1.63. The van der Waals surface area contributed by atoms with Crippen molar-refractivity contribution >= 4 is 5.78 Å². The second-order valence-electron chi connectivity index (χ2n) is 5.33. The maximum atomic E-state index is 12.1. The summed E-state index contributed by atoms with van der Waals surface area (Å²) < 4.78 is 0. The molecule has 0 radical (unpaired) electrons. The molecule has 0 spiro atoms. The fourth-order valence-corrected chi connectivity index (χ4v) is 3.87. The molecule has 80 valence electrons. The third-order valence-corrected chi connectivity index (χ3v) is 4.44. The van der Waals surface area contributed by atoms with Gasteiger partial charge in [-0.15, -0.1) is 0 Å². The Morgan fingerprint density at radius 1 is 1.53 bits per heavy atom. The van der Waals surface area contributed by atoms with Crippen LogP contribution in [0.4, 0.5) is 0 Å². The lowest BCUT2D eigenvalue weighted by atomic mass is 9.54. The van der Waals surface area contributed by atoms with Gasteiger partial charge >= 0.3 is 0 Å². The van der Waals surface area contributed by atoms with Gasteiger partial charge in [0.05, 0.1) is 0 Å². The predicted octanol–water partition coefficient (Wildman–Crippen LogP) is 1.70. The van der Waals surface area contributed by atoms with Crippen LogP contribution in [0.3, 0.4) is 0 Å². The van der Waals surface area contributed by atoms with E-state index >= 15 is 0 Å². The lowest BCUT2D eigenvalue weighted by Gasteiger charge is -2.51. The summed E-state index contributed by atoms with van der Waals surface area (Å²) in [6.07, 6.45) is 7.41. The lowest BCUT2D eigenvalue weighted by Crippen LogP contribution is -2.59. The van der Waals surface area contributed by atoms with E-state index in [-0.39, 0.29) is 17.6 Å². The van der Waals surface area contributed by atoms with Gasteiger partial charge in [-0.1, -0.05) is 23.8 Å². The molecule has 1 saturated carbocycles. The van der Waals surface area contributed by atoms with E-state index in [1.807, 2.05) is 6.92 Å². The van der Waals surface area contributed by atoms with E-state index in [1.165, 1.54) is 5.57 Å². The highest BCUT2D eigenvalue weighted by Crippen LogP contribution is 2.54. The van der Waals surface area contributed by atoms with Crippen molar-refractivity contribution in [1.82, 2.24) is 0 Å². The number of Topliss-reactive ketones (excluding diaryl/α,β-unsaturated/α-hetero) is 1. The Bertz CT molecular complexity index is 389. The van der Waals surface area contributed by atoms with Crippen LogP contribution in [0.1, 0.15) is 20.3 Å². The predicted molar refractivity (Wildman–Crippen MR) is 57.1 cm³/mol. The standard InChI is InChI=1S/C13H16O2/c1-7-6-10-8-4-3-5-9(8)11(7)13(2,15)12(10)14/h3-4,6,8-11,15H,5H2,1-2H3/t8-,9+,10-,11+,13-/m0/s1. The maximum Gasteiger partial charge on any atom is 0.172 e. The molecule has 0 amide bonds. The van der Waals surface area contributed by atoms with Gasteiger partial charge in [0.25, 0.3) is 0 Å². The number of rotatable bonds is 0. The molecule has 0 saturated heterocycles. The summed E-state index contributed by atoms with van der Waals surface area (Å²) in [7, 11) is 0. The molecule has 0 heterocycles. The molecule has 15 heavy (non-hydrogen) atoms. The number of allylic oxidation sites excluding steroid dienone is 3. The monoisotopic (exact) mass is 204 g/mol. The second-order valence-corrected chi connectivity index (χ2v) is 5.33. The van der Waals surface area contributed by atoms with E-state index in [4.69, 9.17) is 0 Å². The summed E-state index contributed by atoms with van der Waals surface area (Å²) in [6.45, 7) is 3.74. The maximum absolute atomic E-state index is 12.1. The van der Waals surface area contributed by atoms with Crippen molar-refractivity contribution in [2.75, 3.05) is 0 Å². The average molecular weight is 204 g/mol. The third-order valence-electron chi connectivity index (χ3n) is 4.44. The van der Waals surface area contributed by atoms with E-state index in [2.05, 4.69) is 18.2 Å². The molecule has 4 aliphatic rings. The number of hydrogen-bond donors (Lipinski definition) is 1. The zero-order valence-electron chi connectivity index (χ0n) is 9.10. The highest BCUT2D eigenvalue weighted by Gasteiger charge is 2.58. The van der Waals surface area contributed by atoms with Gasteiger partial charge in [-0.25, -0.2) is 0 Å². The molecule has 5 atom stereocenters. The molecule has 2 bridgehead atoms. The van der Waals surface area contributed by atoms with E-state index in [1.54, 1.807) is 6.92 Å². The van der Waals surface area contributed by atoms with E-state index in [0.29, 0.717) is 11.8 Å². The SMILES string of the molecule is CC1=C[C@@H]2C(=O)[C@@](C)(O)[C@H]1[C@@H]1CC=C[C@@H]12. The number of hydrogen-bond acceptors (Lipinski definition) is 2. The normalized spacial score (nSPS) is 51.9. The second kappa shape index (κ2) is 2.62. The van der Waals surface area contributed by atoms with Crippen molar-refractivity contribution in [3.63, 3.8) is 0 Å². The average Bonchev–Trinajstić information content (AvgIpc) is 2.61. The summed E-state index contributed by atoms with van der Waals surface area (Å²) in [5.41, 5.74) is 0.0750. The molecule has 1 fully saturated rings. The minimum absolute atomic E-state index is 0.0194. The molecule has 4 rings (SSSR count). The van der Waals surface area contributed by atoms with Crippen LogP contribution >= 0.6 is 0 Å². The largest absolute Gasteiger partial charge is 0.382 e. The zero-order chi connectivity index (χ0) is 10.8. The van der Waals surface area contributed by atoms with Crippen LogP contribution in [0.2, 0.25) is 0 Å². The lowest BCUT2D eigenvalue weighted by molar-refractivity contribution is -0.156. The van der Waals surface area contributed by atoms with Crippen molar-refractivity contribution in [3.8, 4) is 0 Å². The van der Waals surface area contributed by atoms with Crippen molar-refractivity contribution in [2.45, 2.75) is 25.9 Å². The van der Waals surface area contributed by atoms with Gasteiger partial charge in [-0.3, -0.25) is 4.79 Å². The van der Waals surface area contributed by atoms with Crippen molar-refractivity contribution in [3.05, 3.63) is 23.8 Å². The van der Waals surface area contributed by atoms with Crippen LogP contribution in [-0.4, -0.2) is 16.5 Å². The van der Waals surface area contributed by atoms with Crippen LogP contribution < -0.4 is 0 Å². The molecule has 0 unspecified atom stereocenters. The first kappa shape index (κ1) is 9.34. The number of ketones is 1. The van der Waals surface area contributed by atoms with Crippen LogP contribution in [0.5, 0.6) is 0 Å². The smallest absolute Gasteiger partial charge is 0.172 e. The Hall–Kier alpha value is -0.890. The van der Waals surface area contributed by atoms with Gasteiger partial charge in [0.2, 0.25) is 0 Å². The van der Waals surface area contributed by atoms with Crippen LogP contribution in [0, 0.1) is 23.7 Å². The van der Waals surface area contributed by atoms with Crippen LogP contribution in [0.25, 0.3) is 0 Å². The highest BCUT2D eigenvalue weighted by molar-refractivity contribution is 5.94. The number of aliphatic hydroxyl groups is 1. The molecule has 0 aliphatic heterocycles. The number of carbonyl (C=O) groups excluding carboxylic acids is 1. The van der Waals surface area contributed by atoms with Crippen molar-refractivity contribution < 1.29 is 9.90 Å². The molecule has 4 aliphatic carbocycles. The Balaban J connectivity index is 2.15. The summed E-state index contributed by atoms with van der Waals surface area (Å²) in [4.78, 5) is 12.1. The number of fused-ring (bicyclic) bond motifs is 1. The van der Waals surface area contributed by atoms with Crippen molar-refractivity contribution in [1.29, 1.82) is 0 Å². The number of carbonyl (C=O) groups is 1. The first-order chi connectivity index (χ1) is 7.03. The minimum Gasteiger partial charge on any atom is -0.382 e. The van der Waals surface area contributed by atoms with Crippen molar-refractivity contribution in [2.24, 2.45) is 23.7 Å². The molecule has 2 nitrogen and oxygen atoms in total. The molecule has 0 aromatic rings. The van der Waals surface area contributed by atoms with E-state index < -0.39 is 5.60 Å². The van der Waals surface area contributed by atoms with Crippen LogP contribution in [-0.2, 0) is 4.79 Å². The topological polar surface area (TPSA) is 37.3 Å². The third kappa shape index (κ3) is 0.957. The molecule has 1 N–H and O–H groups in total. The molecular weight excluding hydrogens is 188 g/mol. The van der Waals surface area contributed by atoms with E-state index in [9.17, 15) is 9.90 Å².